The minimum Gasteiger partial charge on any atom is -0.383 e. The first-order valence-electron chi connectivity index (χ1n) is 5.87. The number of nitrogens with two attached hydrogens (primary N) is 2. The van der Waals surface area contributed by atoms with Crippen LogP contribution in [0.5, 0.6) is 0 Å². The summed E-state index contributed by atoms with van der Waals surface area (Å²) in [7, 11) is 0. The summed E-state index contributed by atoms with van der Waals surface area (Å²) in [6.07, 6.45) is -2.08. The lowest BCUT2D eigenvalue weighted by Crippen LogP contribution is -2.25. The molecule has 0 aliphatic carbocycles. The molecule has 1 rings (SSSR count). The Balaban J connectivity index is 3.04. The van der Waals surface area contributed by atoms with E-state index in [0.29, 0.717) is 11.4 Å². The average molecular weight is 342 g/mol. The molecule has 2 amide bonds. The van der Waals surface area contributed by atoms with Crippen molar-refractivity contribution in [2.45, 2.75) is 13.8 Å². The number of ether oxygens (including phenoxy) is 2. The molecular weight excluding hydrogens is 328 g/mol. The van der Waals surface area contributed by atoms with Gasteiger partial charge in [-0.05, 0) is 55.5 Å². The van der Waals surface area contributed by atoms with Crippen LogP contribution in [0.25, 0.3) is 0 Å². The number of amides is 2. The van der Waals surface area contributed by atoms with Gasteiger partial charge in [0.1, 0.15) is 0 Å². The first kappa shape index (κ1) is 17.6. The predicted molar refractivity (Wildman–Crippen MR) is 89.7 cm³/mol. The Labute approximate surface area is 137 Å². The van der Waals surface area contributed by atoms with Crippen molar-refractivity contribution < 1.29 is 19.1 Å². The topological polar surface area (TPSA) is 129 Å². The van der Waals surface area contributed by atoms with Crippen molar-refractivity contribution >= 4 is 58.3 Å². The van der Waals surface area contributed by atoms with E-state index < -0.39 is 12.2 Å². The zero-order valence-corrected chi connectivity index (χ0v) is 13.4. The number of carbonyl (C=O) groups is 2. The van der Waals surface area contributed by atoms with E-state index in [1.807, 2.05) is 19.9 Å². The van der Waals surface area contributed by atoms with Gasteiger partial charge in [-0.15, -0.1) is 0 Å². The number of anilines is 2. The van der Waals surface area contributed by atoms with Gasteiger partial charge in [0.15, 0.2) is 0 Å². The monoisotopic (exact) mass is 342 g/mol. The van der Waals surface area contributed by atoms with Crippen LogP contribution in [0.2, 0.25) is 0 Å². The maximum absolute atomic E-state index is 10.7. The Kier molecular flexibility index (Phi) is 6.01. The molecule has 1 aromatic rings. The minimum atomic E-state index is -1.04. The van der Waals surface area contributed by atoms with Crippen LogP contribution in [0.1, 0.15) is 11.1 Å². The molecule has 0 aliphatic heterocycles. The van der Waals surface area contributed by atoms with Crippen LogP contribution in [-0.4, -0.2) is 22.5 Å². The van der Waals surface area contributed by atoms with Gasteiger partial charge >= 0.3 is 12.2 Å². The number of carbonyl (C=O) groups excluding carboxylic acids is 2. The molecule has 0 bridgehead atoms. The van der Waals surface area contributed by atoms with Gasteiger partial charge in [-0.3, -0.25) is 0 Å². The van der Waals surface area contributed by atoms with Gasteiger partial charge in [0, 0.05) is 0 Å². The van der Waals surface area contributed by atoms with Gasteiger partial charge in [0.25, 0.3) is 10.3 Å². The maximum Gasteiger partial charge on any atom is 0.411 e. The summed E-state index contributed by atoms with van der Waals surface area (Å²) in [4.78, 5) is 21.4. The van der Waals surface area contributed by atoms with Crippen molar-refractivity contribution in [1.29, 1.82) is 0 Å². The quantitative estimate of drug-likeness (QED) is 0.600. The highest BCUT2D eigenvalue weighted by Gasteiger charge is 2.13. The van der Waals surface area contributed by atoms with Crippen molar-refractivity contribution in [3.63, 3.8) is 0 Å². The zero-order chi connectivity index (χ0) is 16.9. The summed E-state index contributed by atoms with van der Waals surface area (Å²) in [6, 6.07) is 3.49. The summed E-state index contributed by atoms with van der Waals surface area (Å²) in [5.74, 6) is 0. The third-order valence-corrected chi connectivity index (χ3v) is 2.96. The van der Waals surface area contributed by atoms with Crippen LogP contribution in [0.3, 0.4) is 0 Å². The van der Waals surface area contributed by atoms with Crippen LogP contribution < -0.4 is 22.1 Å². The molecule has 0 spiro atoms. The highest BCUT2D eigenvalue weighted by Crippen LogP contribution is 2.29. The fourth-order valence-corrected chi connectivity index (χ4v) is 1.90. The fourth-order valence-electron chi connectivity index (χ4n) is 1.53. The van der Waals surface area contributed by atoms with E-state index in [0.717, 1.165) is 11.1 Å². The molecule has 0 unspecified atom stereocenters. The molecule has 8 nitrogen and oxygen atoms in total. The third-order valence-electron chi connectivity index (χ3n) is 2.59. The Hall–Kier alpha value is -2.46. The number of nitrogens with one attached hydrogen (secondary N) is 2. The molecule has 0 saturated heterocycles. The molecule has 0 aliphatic rings. The van der Waals surface area contributed by atoms with Gasteiger partial charge in [0.2, 0.25) is 0 Å². The second-order valence-electron chi connectivity index (χ2n) is 4.10. The van der Waals surface area contributed by atoms with E-state index in [-0.39, 0.29) is 10.3 Å². The van der Waals surface area contributed by atoms with Crippen LogP contribution >= 0.6 is 24.4 Å². The van der Waals surface area contributed by atoms with Gasteiger partial charge in [-0.1, -0.05) is 6.07 Å². The van der Waals surface area contributed by atoms with Gasteiger partial charge < -0.3 is 31.6 Å². The number of primary amides is 2. The van der Waals surface area contributed by atoms with Gasteiger partial charge in [0.05, 0.1) is 11.4 Å². The van der Waals surface area contributed by atoms with Crippen LogP contribution in [0.15, 0.2) is 12.1 Å². The van der Waals surface area contributed by atoms with Crippen molar-refractivity contribution in [2.24, 2.45) is 11.5 Å². The average Bonchev–Trinajstić information content (AvgIpc) is 2.36. The summed E-state index contributed by atoms with van der Waals surface area (Å²) in [6.45, 7) is 3.69. The fraction of sp³-hybridized carbons (Fsp3) is 0.167. The normalized spacial score (nSPS) is 9.55. The van der Waals surface area contributed by atoms with Crippen molar-refractivity contribution in [1.82, 2.24) is 0 Å². The molecule has 0 saturated carbocycles. The van der Waals surface area contributed by atoms with E-state index >= 15 is 0 Å². The van der Waals surface area contributed by atoms with Crippen LogP contribution in [0, 0.1) is 13.8 Å². The molecule has 0 fully saturated rings. The molecule has 10 heteroatoms. The molecule has 1 aromatic carbocycles. The smallest absolute Gasteiger partial charge is 0.383 e. The van der Waals surface area contributed by atoms with E-state index in [2.05, 4.69) is 20.1 Å². The van der Waals surface area contributed by atoms with E-state index in [1.165, 1.54) is 0 Å². The Morgan fingerprint density at radius 3 is 2.00 bits per heavy atom. The van der Waals surface area contributed by atoms with E-state index in [1.54, 1.807) is 6.07 Å². The van der Waals surface area contributed by atoms with Crippen LogP contribution in [0.4, 0.5) is 21.0 Å². The molecular formula is C12H14N4O4S2. The summed E-state index contributed by atoms with van der Waals surface area (Å²) >= 11 is 9.69. The number of rotatable bonds is 2. The first-order chi connectivity index (χ1) is 10.2. The largest absolute Gasteiger partial charge is 0.411 e. The van der Waals surface area contributed by atoms with Crippen molar-refractivity contribution in [3.8, 4) is 0 Å². The first-order valence-corrected chi connectivity index (χ1v) is 6.69. The predicted octanol–water partition coefficient (Wildman–Crippen LogP) is 1.89. The molecule has 0 aromatic heterocycles. The van der Waals surface area contributed by atoms with Crippen molar-refractivity contribution in [2.75, 3.05) is 10.6 Å². The molecule has 0 atom stereocenters. The molecule has 6 N–H and O–H groups in total. The Morgan fingerprint density at radius 1 is 1.00 bits per heavy atom. The summed E-state index contributed by atoms with van der Waals surface area (Å²) in [5, 5.41) is 4.94. The number of thiocarbonyl (C=S) groups is 2. The number of benzene rings is 1. The molecule has 22 heavy (non-hydrogen) atoms. The SMILES string of the molecule is Cc1ccc(NC(=S)OC(N)=O)c(NC(=S)OC(N)=O)c1C. The zero-order valence-electron chi connectivity index (χ0n) is 11.8. The Bertz CT molecular complexity index is 648. The summed E-state index contributed by atoms with van der Waals surface area (Å²) in [5.41, 5.74) is 12.5. The van der Waals surface area contributed by atoms with Gasteiger partial charge in [-0.25, -0.2) is 9.59 Å². The Morgan fingerprint density at radius 2 is 1.50 bits per heavy atom. The van der Waals surface area contributed by atoms with Crippen molar-refractivity contribution in [3.05, 3.63) is 23.3 Å². The lowest BCUT2D eigenvalue weighted by molar-refractivity contribution is 0.208. The summed E-state index contributed by atoms with van der Waals surface area (Å²) < 4.78 is 9.11. The molecule has 118 valence electrons. The molecule has 0 radical (unpaired) electrons. The maximum atomic E-state index is 10.7. The standard InChI is InChI=1S/C12H14N4O4S2/c1-5-3-4-7(15-11(21)19-9(13)17)8(6(5)2)16-12(22)20-10(14)18/h3-4H,1-2H3,(H2,13,17)(H2,14,18)(H,15,21)(H,16,22). The highest BCUT2D eigenvalue weighted by molar-refractivity contribution is 7.80. The number of aryl methyl sites for hydroxylation is 1. The second kappa shape index (κ2) is 7.52. The highest BCUT2D eigenvalue weighted by atomic mass is 32.1. The van der Waals surface area contributed by atoms with E-state index in [9.17, 15) is 9.59 Å². The van der Waals surface area contributed by atoms with Crippen LogP contribution in [-0.2, 0) is 9.47 Å². The second-order valence-corrected chi connectivity index (χ2v) is 4.84. The lowest BCUT2D eigenvalue weighted by atomic mass is 10.1. The molecule has 0 heterocycles. The number of hydrogen-bond acceptors (Lipinski definition) is 6. The lowest BCUT2D eigenvalue weighted by Gasteiger charge is -2.17. The van der Waals surface area contributed by atoms with E-state index in [4.69, 9.17) is 35.9 Å². The van der Waals surface area contributed by atoms with Gasteiger partial charge in [-0.2, -0.15) is 0 Å². The number of hydrogen-bond donors (Lipinski definition) is 4. The third kappa shape index (κ3) is 5.14. The minimum absolute atomic E-state index is 0.231.